The second-order valence-electron chi connectivity index (χ2n) is 9.69. The highest BCUT2D eigenvalue weighted by atomic mass is 31.2. The number of hydrogen-bond acceptors (Lipinski definition) is 6. The fourth-order valence-corrected chi connectivity index (χ4v) is 3.92. The van der Waals surface area contributed by atoms with E-state index in [-0.39, 0.29) is 19.4 Å². The van der Waals surface area contributed by atoms with Crippen LogP contribution in [-0.4, -0.2) is 41.0 Å². The molecule has 9 heteroatoms. The van der Waals surface area contributed by atoms with Crippen molar-refractivity contribution in [3.05, 3.63) is 60.8 Å². The van der Waals surface area contributed by atoms with E-state index in [9.17, 15) is 14.2 Å². The summed E-state index contributed by atoms with van der Waals surface area (Å²) in [6.45, 7) is 3.38. The van der Waals surface area contributed by atoms with Gasteiger partial charge in [-0.1, -0.05) is 100 Å². The van der Waals surface area contributed by atoms with Gasteiger partial charge in [0.25, 0.3) is 0 Å². The van der Waals surface area contributed by atoms with Crippen molar-refractivity contribution in [2.75, 3.05) is 13.2 Å². The highest BCUT2D eigenvalue weighted by Gasteiger charge is 2.22. The van der Waals surface area contributed by atoms with Crippen LogP contribution in [0.2, 0.25) is 0 Å². The summed E-state index contributed by atoms with van der Waals surface area (Å²) in [5, 5.41) is 0. The average Bonchev–Trinajstić information content (AvgIpc) is 2.93. The maximum atomic E-state index is 12.2. The molecule has 0 aliphatic rings. The highest BCUT2D eigenvalue weighted by Crippen LogP contribution is 2.35. The van der Waals surface area contributed by atoms with E-state index in [0.717, 1.165) is 64.2 Å². The number of ether oxygens (including phenoxy) is 2. The number of phosphoric acid groups is 1. The Balaban J connectivity index is 4.23. The van der Waals surface area contributed by atoms with E-state index in [1.807, 2.05) is 12.2 Å². The van der Waals surface area contributed by atoms with Crippen molar-refractivity contribution in [1.82, 2.24) is 0 Å². The summed E-state index contributed by atoms with van der Waals surface area (Å²) < 4.78 is 26.0. The number of esters is 2. The van der Waals surface area contributed by atoms with Crippen LogP contribution in [0.15, 0.2) is 60.8 Å². The van der Waals surface area contributed by atoms with Gasteiger partial charge < -0.3 is 19.3 Å². The van der Waals surface area contributed by atoms with Crippen LogP contribution in [0.3, 0.4) is 0 Å². The minimum absolute atomic E-state index is 0.0863. The number of carbonyl (C=O) groups is 2. The van der Waals surface area contributed by atoms with E-state index in [0.29, 0.717) is 12.8 Å². The van der Waals surface area contributed by atoms with Gasteiger partial charge in [-0.3, -0.25) is 14.1 Å². The number of phosphoric ester groups is 1. The molecule has 2 N–H and O–H groups in total. The van der Waals surface area contributed by atoms with Crippen LogP contribution in [-0.2, 0) is 28.2 Å². The second-order valence-corrected chi connectivity index (χ2v) is 10.9. The molecule has 0 radical (unpaired) electrons. The summed E-state index contributed by atoms with van der Waals surface area (Å²) in [5.74, 6) is -1.00. The molecule has 0 fully saturated rings. The second kappa shape index (κ2) is 27.9. The molecule has 234 valence electrons. The normalized spacial score (nSPS) is 13.4. The lowest BCUT2D eigenvalue weighted by molar-refractivity contribution is -0.161. The minimum Gasteiger partial charge on any atom is -0.462 e. The molecule has 0 saturated heterocycles. The van der Waals surface area contributed by atoms with Gasteiger partial charge in [0.05, 0.1) is 6.61 Å². The SMILES string of the molecule is CC/C=C\C/C=C\C/C=C\C/C=C\CCC(=O)OC(COC(=O)CCCCCCC/C=C\CCC)COP(=O)(O)O. The van der Waals surface area contributed by atoms with Crippen LogP contribution in [0.5, 0.6) is 0 Å². The Labute approximate surface area is 247 Å². The predicted octanol–water partition coefficient (Wildman–Crippen LogP) is 8.22. The summed E-state index contributed by atoms with van der Waals surface area (Å²) >= 11 is 0. The highest BCUT2D eigenvalue weighted by molar-refractivity contribution is 7.46. The van der Waals surface area contributed by atoms with E-state index in [1.165, 1.54) is 6.42 Å². The lowest BCUT2D eigenvalue weighted by Gasteiger charge is -2.18. The minimum atomic E-state index is -4.76. The maximum Gasteiger partial charge on any atom is 0.469 e. The first-order valence-electron chi connectivity index (χ1n) is 15.1. The third-order valence-corrected chi connectivity index (χ3v) is 6.25. The van der Waals surface area contributed by atoms with E-state index >= 15 is 0 Å². The summed E-state index contributed by atoms with van der Waals surface area (Å²) in [4.78, 5) is 42.3. The van der Waals surface area contributed by atoms with E-state index in [2.05, 4.69) is 67.0 Å². The third kappa shape index (κ3) is 30.5. The third-order valence-electron chi connectivity index (χ3n) is 5.76. The fourth-order valence-electron chi connectivity index (χ4n) is 3.56. The Kier molecular flexibility index (Phi) is 26.4. The first-order chi connectivity index (χ1) is 19.8. The summed E-state index contributed by atoms with van der Waals surface area (Å²) in [6.07, 6.45) is 32.6. The van der Waals surface area contributed by atoms with Gasteiger partial charge in [0, 0.05) is 12.8 Å². The van der Waals surface area contributed by atoms with Gasteiger partial charge in [-0.15, -0.1) is 0 Å². The molecule has 1 unspecified atom stereocenters. The van der Waals surface area contributed by atoms with Gasteiger partial charge in [-0.2, -0.15) is 0 Å². The van der Waals surface area contributed by atoms with Crippen LogP contribution in [0.4, 0.5) is 0 Å². The van der Waals surface area contributed by atoms with E-state index in [1.54, 1.807) is 0 Å². The topological polar surface area (TPSA) is 119 Å². The zero-order chi connectivity index (χ0) is 30.4. The van der Waals surface area contributed by atoms with E-state index in [4.69, 9.17) is 19.3 Å². The van der Waals surface area contributed by atoms with Gasteiger partial charge in [0.2, 0.25) is 0 Å². The molecule has 0 aromatic carbocycles. The first kappa shape index (κ1) is 38.8. The van der Waals surface area contributed by atoms with Gasteiger partial charge in [-0.25, -0.2) is 4.57 Å². The molecule has 0 heterocycles. The van der Waals surface area contributed by atoms with Gasteiger partial charge in [-0.05, 0) is 57.8 Å². The number of unbranched alkanes of at least 4 members (excludes halogenated alkanes) is 6. The molecule has 1 atom stereocenters. The van der Waals surface area contributed by atoms with Crippen LogP contribution < -0.4 is 0 Å². The van der Waals surface area contributed by atoms with Crippen molar-refractivity contribution in [3.63, 3.8) is 0 Å². The van der Waals surface area contributed by atoms with Crippen molar-refractivity contribution < 1.29 is 37.9 Å². The molecule has 0 spiro atoms. The predicted molar refractivity (Wildman–Crippen MR) is 165 cm³/mol. The van der Waals surface area contributed by atoms with Gasteiger partial charge >= 0.3 is 19.8 Å². The van der Waals surface area contributed by atoms with Crippen molar-refractivity contribution in [3.8, 4) is 0 Å². The lowest BCUT2D eigenvalue weighted by Crippen LogP contribution is -2.29. The molecule has 0 aliphatic carbocycles. The van der Waals surface area contributed by atoms with Crippen molar-refractivity contribution >= 4 is 19.8 Å². The van der Waals surface area contributed by atoms with Gasteiger partial charge in [0.1, 0.15) is 6.61 Å². The largest absolute Gasteiger partial charge is 0.469 e. The molecule has 8 nitrogen and oxygen atoms in total. The standard InChI is InChI=1S/C32H53O8P/c1-3-5-7-9-11-13-15-16-17-19-21-23-25-27-32(34)40-30(29-39-41(35,36)37)28-38-31(33)26-24-22-20-18-14-12-10-8-6-4-2/h5,7-8,10-11,13,16-17,21,23,30H,3-4,6,9,12,14-15,18-20,22,24-29H2,1-2H3,(H2,35,36,37)/b7-5-,10-8-,13-11-,17-16-,23-21-. The average molecular weight is 597 g/mol. The Morgan fingerprint density at radius 3 is 1.85 bits per heavy atom. The zero-order valence-corrected chi connectivity index (χ0v) is 26.1. The molecule has 0 aliphatic heterocycles. The molecule has 0 aromatic heterocycles. The Bertz CT molecular complexity index is 854. The summed E-state index contributed by atoms with van der Waals surface area (Å²) in [7, 11) is -4.76. The van der Waals surface area contributed by atoms with E-state index < -0.39 is 32.5 Å². The monoisotopic (exact) mass is 596 g/mol. The molecule has 0 bridgehead atoms. The number of carbonyl (C=O) groups excluding carboxylic acids is 2. The zero-order valence-electron chi connectivity index (χ0n) is 25.2. The molecule has 41 heavy (non-hydrogen) atoms. The Morgan fingerprint density at radius 1 is 0.659 bits per heavy atom. The Morgan fingerprint density at radius 2 is 1.22 bits per heavy atom. The summed E-state index contributed by atoms with van der Waals surface area (Å²) in [5.41, 5.74) is 0. The molecule has 0 aromatic rings. The van der Waals surface area contributed by atoms with Crippen LogP contribution in [0.1, 0.15) is 110 Å². The van der Waals surface area contributed by atoms with Crippen molar-refractivity contribution in [2.45, 2.75) is 116 Å². The number of rotatable bonds is 26. The molecule has 0 amide bonds. The fraction of sp³-hybridized carbons (Fsp3) is 0.625. The van der Waals surface area contributed by atoms with Crippen molar-refractivity contribution in [1.29, 1.82) is 0 Å². The maximum absolute atomic E-state index is 12.2. The first-order valence-corrected chi connectivity index (χ1v) is 16.6. The van der Waals surface area contributed by atoms with Crippen LogP contribution >= 0.6 is 7.82 Å². The smallest absolute Gasteiger partial charge is 0.462 e. The summed E-state index contributed by atoms with van der Waals surface area (Å²) in [6, 6.07) is 0. The molecule has 0 rings (SSSR count). The number of hydrogen-bond donors (Lipinski definition) is 2. The molecular weight excluding hydrogens is 543 g/mol. The van der Waals surface area contributed by atoms with Gasteiger partial charge in [0.15, 0.2) is 6.10 Å². The number of allylic oxidation sites excluding steroid dienone is 10. The van der Waals surface area contributed by atoms with Crippen molar-refractivity contribution in [2.24, 2.45) is 0 Å². The van der Waals surface area contributed by atoms with Crippen LogP contribution in [0, 0.1) is 0 Å². The Hall–Kier alpha value is -2.25. The molecule has 0 saturated carbocycles. The van der Waals surface area contributed by atoms with Crippen LogP contribution in [0.25, 0.3) is 0 Å². The molecular formula is C32H53O8P. The lowest BCUT2D eigenvalue weighted by atomic mass is 10.1. The quantitative estimate of drug-likeness (QED) is 0.0444.